The normalized spacial score (nSPS) is 24.2. The van der Waals surface area contributed by atoms with Crippen LogP contribution >= 0.6 is 0 Å². The molecule has 2 fully saturated rings. The highest BCUT2D eigenvalue weighted by molar-refractivity contribution is 5.63. The minimum absolute atomic E-state index is 0.176. The van der Waals surface area contributed by atoms with Crippen LogP contribution in [-0.4, -0.2) is 58.2 Å². The molecule has 1 N–H and O–H groups in total. The van der Waals surface area contributed by atoms with Crippen molar-refractivity contribution >= 4 is 0 Å². The molecule has 166 valence electrons. The van der Waals surface area contributed by atoms with Crippen LogP contribution in [0.25, 0.3) is 11.1 Å². The largest absolute Gasteiger partial charge is 0.395 e. The van der Waals surface area contributed by atoms with Crippen LogP contribution in [-0.2, 0) is 6.54 Å². The van der Waals surface area contributed by atoms with Gasteiger partial charge in [-0.05, 0) is 66.4 Å². The highest BCUT2D eigenvalue weighted by atomic mass is 19.1. The van der Waals surface area contributed by atoms with Gasteiger partial charge in [-0.15, -0.1) is 0 Å². The quantitative estimate of drug-likeness (QED) is 0.653. The van der Waals surface area contributed by atoms with Crippen LogP contribution in [0.4, 0.5) is 4.39 Å². The average molecular weight is 432 g/mol. The second kappa shape index (κ2) is 9.49. The number of pyridine rings is 1. The summed E-state index contributed by atoms with van der Waals surface area (Å²) < 4.78 is 13.3. The molecule has 5 rings (SSSR count). The van der Waals surface area contributed by atoms with Crippen molar-refractivity contribution in [2.75, 3.05) is 26.2 Å². The van der Waals surface area contributed by atoms with Crippen molar-refractivity contribution in [1.82, 2.24) is 14.8 Å². The van der Waals surface area contributed by atoms with Gasteiger partial charge in [-0.2, -0.15) is 0 Å². The summed E-state index contributed by atoms with van der Waals surface area (Å²) in [6.45, 7) is 4.25. The molecule has 0 bridgehead atoms. The van der Waals surface area contributed by atoms with Gasteiger partial charge in [-0.3, -0.25) is 14.8 Å². The smallest absolute Gasteiger partial charge is 0.123 e. The third-order valence-electron chi connectivity index (χ3n) is 7.06. The molecular weight excluding hydrogens is 401 g/mol. The fourth-order valence-corrected chi connectivity index (χ4v) is 5.45. The number of rotatable bonds is 5. The molecule has 4 nitrogen and oxygen atoms in total. The Morgan fingerprint density at radius 1 is 0.938 bits per heavy atom. The Balaban J connectivity index is 1.35. The van der Waals surface area contributed by atoms with E-state index in [9.17, 15) is 9.50 Å². The van der Waals surface area contributed by atoms with Gasteiger partial charge in [0.2, 0.25) is 0 Å². The van der Waals surface area contributed by atoms with E-state index in [4.69, 9.17) is 0 Å². The van der Waals surface area contributed by atoms with E-state index in [1.165, 1.54) is 29.7 Å². The molecule has 0 radical (unpaired) electrons. The Hall–Kier alpha value is -2.60. The molecule has 0 spiro atoms. The first kappa shape index (κ1) is 21.3. The number of hydrogen-bond donors (Lipinski definition) is 1. The number of nitrogens with zero attached hydrogens (tertiary/aromatic N) is 3. The van der Waals surface area contributed by atoms with Gasteiger partial charge < -0.3 is 5.11 Å². The first-order chi connectivity index (χ1) is 15.7. The van der Waals surface area contributed by atoms with Crippen LogP contribution in [0.5, 0.6) is 0 Å². The van der Waals surface area contributed by atoms with E-state index in [1.54, 1.807) is 0 Å². The molecule has 1 aromatic heterocycles. The van der Waals surface area contributed by atoms with Gasteiger partial charge >= 0.3 is 0 Å². The monoisotopic (exact) mass is 431 g/mol. The van der Waals surface area contributed by atoms with Crippen molar-refractivity contribution in [3.63, 3.8) is 0 Å². The van der Waals surface area contributed by atoms with Crippen LogP contribution < -0.4 is 0 Å². The van der Waals surface area contributed by atoms with Crippen molar-refractivity contribution in [1.29, 1.82) is 0 Å². The first-order valence-electron chi connectivity index (χ1n) is 11.6. The summed E-state index contributed by atoms with van der Waals surface area (Å²) in [5, 5.41) is 10.2. The van der Waals surface area contributed by atoms with Gasteiger partial charge in [0.15, 0.2) is 0 Å². The van der Waals surface area contributed by atoms with Gasteiger partial charge in [0.05, 0.1) is 6.61 Å². The Morgan fingerprint density at radius 3 is 2.34 bits per heavy atom. The highest BCUT2D eigenvalue weighted by Crippen LogP contribution is 2.42. The van der Waals surface area contributed by atoms with Crippen LogP contribution in [0.3, 0.4) is 0 Å². The zero-order valence-corrected chi connectivity index (χ0v) is 18.3. The molecule has 0 saturated carbocycles. The maximum Gasteiger partial charge on any atom is 0.123 e. The molecule has 3 heterocycles. The van der Waals surface area contributed by atoms with E-state index < -0.39 is 0 Å². The Morgan fingerprint density at radius 2 is 1.66 bits per heavy atom. The minimum Gasteiger partial charge on any atom is -0.395 e. The molecule has 5 heteroatoms. The van der Waals surface area contributed by atoms with Crippen molar-refractivity contribution in [3.8, 4) is 11.1 Å². The number of benzene rings is 2. The van der Waals surface area contributed by atoms with E-state index in [1.807, 2.05) is 30.6 Å². The number of aliphatic hydroxyl groups is 1. The summed E-state index contributed by atoms with van der Waals surface area (Å²) >= 11 is 0. The molecule has 32 heavy (non-hydrogen) atoms. The lowest BCUT2D eigenvalue weighted by Crippen LogP contribution is -2.67. The first-order valence-corrected chi connectivity index (χ1v) is 11.6. The maximum absolute atomic E-state index is 13.3. The third kappa shape index (κ3) is 4.33. The zero-order valence-electron chi connectivity index (χ0n) is 18.3. The second-order valence-electron chi connectivity index (χ2n) is 9.01. The predicted molar refractivity (Wildman–Crippen MR) is 125 cm³/mol. The molecule has 3 atom stereocenters. The molecule has 2 aromatic carbocycles. The van der Waals surface area contributed by atoms with Crippen molar-refractivity contribution in [2.45, 2.75) is 37.4 Å². The number of aromatic nitrogens is 1. The number of hydrogen-bond acceptors (Lipinski definition) is 4. The Labute approximate surface area is 189 Å². The van der Waals surface area contributed by atoms with Gasteiger partial charge in [0, 0.05) is 43.5 Å². The van der Waals surface area contributed by atoms with Crippen LogP contribution in [0.1, 0.15) is 29.9 Å². The highest BCUT2D eigenvalue weighted by Gasteiger charge is 2.48. The Bertz CT molecular complexity index is 1010. The SMILES string of the molecule is OC[C@@H]1[C@@H](c2ccc(-c3ccc(F)cc3)cc2)[C@H]2CN(Cc3cccnc3)CCCCN12. The van der Waals surface area contributed by atoms with E-state index in [-0.39, 0.29) is 18.5 Å². The zero-order chi connectivity index (χ0) is 21.9. The van der Waals surface area contributed by atoms with Gasteiger partial charge in [-0.25, -0.2) is 4.39 Å². The number of halogens is 1. The van der Waals surface area contributed by atoms with Crippen LogP contribution in [0, 0.1) is 5.82 Å². The Kier molecular flexibility index (Phi) is 6.30. The molecular formula is C27H30FN3O. The van der Waals surface area contributed by atoms with E-state index in [2.05, 4.69) is 45.1 Å². The summed E-state index contributed by atoms with van der Waals surface area (Å²) in [4.78, 5) is 9.33. The molecule has 2 aliphatic rings. The van der Waals surface area contributed by atoms with Gasteiger partial charge in [-0.1, -0.05) is 42.5 Å². The lowest BCUT2D eigenvalue weighted by atomic mass is 9.74. The molecule has 0 amide bonds. The summed E-state index contributed by atoms with van der Waals surface area (Å²) in [6.07, 6.45) is 6.12. The summed E-state index contributed by atoms with van der Waals surface area (Å²) in [6, 6.07) is 20.0. The van der Waals surface area contributed by atoms with Crippen molar-refractivity contribution < 1.29 is 9.50 Å². The second-order valence-corrected chi connectivity index (χ2v) is 9.01. The minimum atomic E-state index is -0.217. The molecule has 0 unspecified atom stereocenters. The molecule has 2 aliphatic heterocycles. The molecule has 2 saturated heterocycles. The maximum atomic E-state index is 13.3. The van der Waals surface area contributed by atoms with Gasteiger partial charge in [0.1, 0.15) is 5.82 Å². The third-order valence-corrected chi connectivity index (χ3v) is 7.06. The van der Waals surface area contributed by atoms with E-state index in [0.717, 1.165) is 43.7 Å². The van der Waals surface area contributed by atoms with Gasteiger partial charge in [0.25, 0.3) is 0 Å². The van der Waals surface area contributed by atoms with Crippen molar-refractivity contribution in [3.05, 3.63) is 90.0 Å². The van der Waals surface area contributed by atoms with E-state index in [0.29, 0.717) is 12.0 Å². The molecule has 3 aromatic rings. The summed E-state index contributed by atoms with van der Waals surface area (Å²) in [7, 11) is 0. The van der Waals surface area contributed by atoms with Crippen molar-refractivity contribution in [2.24, 2.45) is 0 Å². The van der Waals surface area contributed by atoms with E-state index >= 15 is 0 Å². The molecule has 0 aliphatic carbocycles. The fourth-order valence-electron chi connectivity index (χ4n) is 5.45. The van der Waals surface area contributed by atoms with Crippen LogP contribution in [0.15, 0.2) is 73.1 Å². The van der Waals surface area contributed by atoms with Crippen LogP contribution in [0.2, 0.25) is 0 Å². The fraction of sp³-hybridized carbons (Fsp3) is 0.370. The lowest BCUT2D eigenvalue weighted by molar-refractivity contribution is -0.0655. The predicted octanol–water partition coefficient (Wildman–Crippen LogP) is 4.31. The summed E-state index contributed by atoms with van der Waals surface area (Å²) in [5.41, 5.74) is 4.62. The lowest BCUT2D eigenvalue weighted by Gasteiger charge is -2.57. The number of aliphatic hydroxyl groups excluding tert-OH is 1. The number of fused-ring (bicyclic) bond motifs is 1. The topological polar surface area (TPSA) is 39.6 Å². The average Bonchev–Trinajstić information content (AvgIpc) is 2.81. The standard InChI is InChI=1S/C27H30FN3O/c28-24-11-9-22(10-12-24)21-5-7-23(8-6-21)27-25-18-30(17-20-4-3-13-29-16-20)14-1-2-15-31(25)26(27)19-32/h3-13,16,25-27,32H,1-2,14-15,17-19H2/t25-,26-,27+/m1/s1. The summed E-state index contributed by atoms with van der Waals surface area (Å²) in [5.74, 6) is 0.0996.